The van der Waals surface area contributed by atoms with E-state index in [1.54, 1.807) is 32.4 Å². The Morgan fingerprint density at radius 2 is 1.91 bits per heavy atom. The molecule has 0 unspecified atom stereocenters. The van der Waals surface area contributed by atoms with Crippen LogP contribution in [0.15, 0.2) is 18.2 Å². The first kappa shape index (κ1) is 16.6. The highest BCUT2D eigenvalue weighted by Gasteiger charge is 2.37. The number of piperidine rings is 1. The van der Waals surface area contributed by atoms with E-state index in [2.05, 4.69) is 4.90 Å². The van der Waals surface area contributed by atoms with E-state index in [1.165, 1.54) is 0 Å². The van der Waals surface area contributed by atoms with Gasteiger partial charge in [-0.25, -0.2) is 0 Å². The average molecular weight is 339 g/mol. The number of likely N-dealkylation sites (tertiary alicyclic amines) is 2. The summed E-state index contributed by atoms with van der Waals surface area (Å²) in [5.41, 5.74) is 0.538. The van der Waals surface area contributed by atoms with Crippen molar-refractivity contribution in [2.75, 3.05) is 40.4 Å². The van der Waals surface area contributed by atoms with Crippen molar-refractivity contribution >= 4 is 17.5 Å². The van der Waals surface area contributed by atoms with Crippen LogP contribution >= 0.6 is 11.6 Å². The molecular weight excluding hydrogens is 316 g/mol. The Hall–Kier alpha value is -1.30. The highest BCUT2D eigenvalue weighted by Crippen LogP contribution is 2.27. The summed E-state index contributed by atoms with van der Waals surface area (Å²) in [7, 11) is 3.35. The SMILES string of the molecule is COc1ccc(Cl)cc1C(=O)N1CC(N2CCC(OC)CC2)C1. The molecule has 2 heterocycles. The Morgan fingerprint density at radius 1 is 1.22 bits per heavy atom. The Bertz CT molecular complexity index is 567. The molecule has 0 bridgehead atoms. The Morgan fingerprint density at radius 3 is 2.52 bits per heavy atom. The van der Waals surface area contributed by atoms with Gasteiger partial charge in [0.25, 0.3) is 5.91 Å². The number of nitrogens with zero attached hydrogens (tertiary/aromatic N) is 2. The van der Waals surface area contributed by atoms with E-state index in [0.29, 0.717) is 28.5 Å². The van der Waals surface area contributed by atoms with Gasteiger partial charge in [0.2, 0.25) is 0 Å². The van der Waals surface area contributed by atoms with Crippen molar-refractivity contribution in [2.45, 2.75) is 25.0 Å². The quantitative estimate of drug-likeness (QED) is 0.844. The highest BCUT2D eigenvalue weighted by atomic mass is 35.5. The van der Waals surface area contributed by atoms with Crippen molar-refractivity contribution in [3.05, 3.63) is 28.8 Å². The number of benzene rings is 1. The van der Waals surface area contributed by atoms with Crippen molar-refractivity contribution in [1.82, 2.24) is 9.80 Å². The lowest BCUT2D eigenvalue weighted by Crippen LogP contribution is -2.62. The molecule has 0 N–H and O–H groups in total. The largest absolute Gasteiger partial charge is 0.496 e. The van der Waals surface area contributed by atoms with E-state index < -0.39 is 0 Å². The third-order valence-electron chi connectivity index (χ3n) is 4.87. The zero-order valence-electron chi connectivity index (χ0n) is 13.6. The van der Waals surface area contributed by atoms with Crippen LogP contribution in [-0.2, 0) is 4.74 Å². The van der Waals surface area contributed by atoms with E-state index in [9.17, 15) is 4.79 Å². The van der Waals surface area contributed by atoms with Crippen LogP contribution in [0.4, 0.5) is 0 Å². The summed E-state index contributed by atoms with van der Waals surface area (Å²) < 4.78 is 10.7. The molecule has 6 heteroatoms. The minimum absolute atomic E-state index is 0.00706. The lowest BCUT2D eigenvalue weighted by atomic mass is 10.00. The maximum atomic E-state index is 12.6. The van der Waals surface area contributed by atoms with Crippen molar-refractivity contribution < 1.29 is 14.3 Å². The fourth-order valence-electron chi connectivity index (χ4n) is 3.35. The smallest absolute Gasteiger partial charge is 0.257 e. The predicted octanol–water partition coefficient (Wildman–Crippen LogP) is 2.28. The topological polar surface area (TPSA) is 42.0 Å². The summed E-state index contributed by atoms with van der Waals surface area (Å²) >= 11 is 6.02. The lowest BCUT2D eigenvalue weighted by molar-refractivity contribution is -0.0120. The molecule has 0 aromatic heterocycles. The molecular formula is C17H23ClN2O3. The van der Waals surface area contributed by atoms with Crippen molar-refractivity contribution in [3.8, 4) is 5.75 Å². The van der Waals surface area contributed by atoms with Crippen LogP contribution in [0.2, 0.25) is 5.02 Å². The van der Waals surface area contributed by atoms with Crippen LogP contribution in [0.25, 0.3) is 0 Å². The molecule has 5 nitrogen and oxygen atoms in total. The van der Waals surface area contributed by atoms with Crippen LogP contribution in [0.1, 0.15) is 23.2 Å². The number of hydrogen-bond donors (Lipinski definition) is 0. The first-order valence-corrected chi connectivity index (χ1v) is 8.40. The second-order valence-electron chi connectivity index (χ2n) is 6.18. The molecule has 0 saturated carbocycles. The van der Waals surface area contributed by atoms with Gasteiger partial charge >= 0.3 is 0 Å². The van der Waals surface area contributed by atoms with Gasteiger partial charge in [-0.15, -0.1) is 0 Å². The summed E-state index contributed by atoms with van der Waals surface area (Å²) in [5.74, 6) is 0.566. The van der Waals surface area contributed by atoms with Gasteiger partial charge in [0.05, 0.1) is 18.8 Å². The van der Waals surface area contributed by atoms with Gasteiger partial charge in [0.15, 0.2) is 0 Å². The second kappa shape index (κ2) is 7.07. The van der Waals surface area contributed by atoms with Gasteiger partial charge in [-0.2, -0.15) is 0 Å². The first-order valence-electron chi connectivity index (χ1n) is 8.02. The van der Waals surface area contributed by atoms with Gasteiger partial charge in [0, 0.05) is 44.4 Å². The lowest BCUT2D eigenvalue weighted by Gasteiger charge is -2.47. The molecule has 0 aliphatic carbocycles. The van der Waals surface area contributed by atoms with Crippen molar-refractivity contribution in [3.63, 3.8) is 0 Å². The standard InChI is InChI=1S/C17H23ClN2O3/c1-22-14-5-7-19(8-6-14)13-10-20(11-13)17(21)15-9-12(18)3-4-16(15)23-2/h3-4,9,13-14H,5-8,10-11H2,1-2H3. The van der Waals surface area contributed by atoms with Crippen LogP contribution in [0.5, 0.6) is 5.75 Å². The second-order valence-corrected chi connectivity index (χ2v) is 6.62. The van der Waals surface area contributed by atoms with E-state index in [4.69, 9.17) is 21.1 Å². The maximum absolute atomic E-state index is 12.6. The summed E-state index contributed by atoms with van der Waals surface area (Å²) in [6, 6.07) is 5.61. The maximum Gasteiger partial charge on any atom is 0.257 e. The normalized spacial score (nSPS) is 20.4. The van der Waals surface area contributed by atoms with E-state index >= 15 is 0 Å². The molecule has 1 aromatic carbocycles. The number of methoxy groups -OCH3 is 2. The zero-order valence-corrected chi connectivity index (χ0v) is 14.4. The van der Waals surface area contributed by atoms with Crippen LogP contribution in [0, 0.1) is 0 Å². The zero-order chi connectivity index (χ0) is 16.4. The number of amides is 1. The summed E-state index contributed by atoms with van der Waals surface area (Å²) in [4.78, 5) is 17.0. The molecule has 0 atom stereocenters. The Kier molecular flexibility index (Phi) is 5.09. The molecule has 1 amide bonds. The van der Waals surface area contributed by atoms with E-state index in [0.717, 1.165) is 39.0 Å². The molecule has 0 spiro atoms. The molecule has 2 aliphatic heterocycles. The van der Waals surface area contributed by atoms with Gasteiger partial charge in [-0.05, 0) is 31.0 Å². The van der Waals surface area contributed by atoms with Crippen LogP contribution < -0.4 is 4.74 Å². The summed E-state index contributed by atoms with van der Waals surface area (Å²) in [6.45, 7) is 3.63. The summed E-state index contributed by atoms with van der Waals surface area (Å²) in [5, 5.41) is 0.549. The predicted molar refractivity (Wildman–Crippen MR) is 89.3 cm³/mol. The Labute approximate surface area is 142 Å². The van der Waals surface area contributed by atoms with Crippen molar-refractivity contribution in [2.24, 2.45) is 0 Å². The number of rotatable bonds is 4. The Balaban J connectivity index is 1.57. The number of halogens is 1. The first-order chi connectivity index (χ1) is 11.1. The van der Waals surface area contributed by atoms with Gasteiger partial charge in [0.1, 0.15) is 5.75 Å². The molecule has 2 aliphatic rings. The van der Waals surface area contributed by atoms with E-state index in [-0.39, 0.29) is 5.91 Å². The number of carbonyl (C=O) groups excluding carboxylic acids is 1. The molecule has 1 aromatic rings. The fourth-order valence-corrected chi connectivity index (χ4v) is 3.52. The number of hydrogen-bond acceptors (Lipinski definition) is 4. The van der Waals surface area contributed by atoms with Crippen molar-refractivity contribution in [1.29, 1.82) is 0 Å². The molecule has 126 valence electrons. The van der Waals surface area contributed by atoms with Crippen LogP contribution in [0.3, 0.4) is 0 Å². The highest BCUT2D eigenvalue weighted by molar-refractivity contribution is 6.31. The van der Waals surface area contributed by atoms with E-state index in [1.807, 2.05) is 4.90 Å². The van der Waals surface area contributed by atoms with Gasteiger partial charge < -0.3 is 14.4 Å². The monoisotopic (exact) mass is 338 g/mol. The molecule has 0 radical (unpaired) electrons. The summed E-state index contributed by atoms with van der Waals surface area (Å²) in [6.07, 6.45) is 2.53. The average Bonchev–Trinajstić information content (AvgIpc) is 2.54. The molecule has 2 fully saturated rings. The number of ether oxygens (including phenoxy) is 2. The molecule has 23 heavy (non-hydrogen) atoms. The van der Waals surface area contributed by atoms with Crippen LogP contribution in [-0.4, -0.2) is 68.3 Å². The minimum Gasteiger partial charge on any atom is -0.496 e. The molecule has 3 rings (SSSR count). The fraction of sp³-hybridized carbons (Fsp3) is 0.588. The minimum atomic E-state index is -0.00706. The number of carbonyl (C=O) groups is 1. The third-order valence-corrected chi connectivity index (χ3v) is 5.10. The van der Waals surface area contributed by atoms with Gasteiger partial charge in [-0.3, -0.25) is 9.69 Å². The third kappa shape index (κ3) is 3.47. The van der Waals surface area contributed by atoms with Gasteiger partial charge in [-0.1, -0.05) is 11.6 Å². The molecule has 2 saturated heterocycles.